The lowest BCUT2D eigenvalue weighted by Gasteiger charge is -2.16. The Morgan fingerprint density at radius 1 is 1.61 bits per heavy atom. The number of nitrogens with two attached hydrogens (primary N) is 1. The van der Waals surface area contributed by atoms with Crippen LogP contribution in [0.15, 0.2) is 23.2 Å². The summed E-state index contributed by atoms with van der Waals surface area (Å²) in [7, 11) is -1.83. The lowest BCUT2D eigenvalue weighted by Crippen LogP contribution is -2.29. The molecule has 1 aromatic heterocycles. The van der Waals surface area contributed by atoms with Crippen molar-refractivity contribution in [3.63, 3.8) is 0 Å². The van der Waals surface area contributed by atoms with Gasteiger partial charge in [-0.3, -0.25) is 0 Å². The summed E-state index contributed by atoms with van der Waals surface area (Å²) in [5.74, 6) is 0.479. The maximum Gasteiger partial charge on any atom is 0.243 e. The summed E-state index contributed by atoms with van der Waals surface area (Å²) in [5.41, 5.74) is 5.51. The van der Waals surface area contributed by atoms with Gasteiger partial charge in [-0.25, -0.2) is 13.4 Å². The van der Waals surface area contributed by atoms with Crippen LogP contribution in [0, 0.1) is 5.92 Å². The minimum Gasteiger partial charge on any atom is -0.384 e. The second-order valence-electron chi connectivity index (χ2n) is 4.39. The Hall–Kier alpha value is -1.18. The Bertz CT molecular complexity index is 518. The number of methoxy groups -OCH3 is 1. The van der Waals surface area contributed by atoms with E-state index in [1.807, 2.05) is 0 Å². The van der Waals surface area contributed by atoms with Crippen LogP contribution >= 0.6 is 0 Å². The second kappa shape index (κ2) is 5.21. The van der Waals surface area contributed by atoms with E-state index in [-0.39, 0.29) is 16.6 Å². The van der Waals surface area contributed by atoms with Gasteiger partial charge in [-0.05, 0) is 18.4 Å². The molecule has 0 spiro atoms. The van der Waals surface area contributed by atoms with E-state index >= 15 is 0 Å². The highest BCUT2D eigenvalue weighted by molar-refractivity contribution is 7.89. The smallest absolute Gasteiger partial charge is 0.243 e. The zero-order valence-electron chi connectivity index (χ0n) is 10.2. The quantitative estimate of drug-likeness (QED) is 0.852. The predicted octanol–water partition coefficient (Wildman–Crippen LogP) is 0.321. The molecule has 0 saturated carbocycles. The fourth-order valence-corrected chi connectivity index (χ4v) is 3.68. The van der Waals surface area contributed by atoms with Gasteiger partial charge in [0, 0.05) is 32.5 Å². The van der Waals surface area contributed by atoms with E-state index in [4.69, 9.17) is 10.5 Å². The Kier molecular flexibility index (Phi) is 3.84. The first kappa shape index (κ1) is 13.3. The first-order valence-electron chi connectivity index (χ1n) is 5.74. The largest absolute Gasteiger partial charge is 0.384 e. The van der Waals surface area contributed by atoms with Crippen molar-refractivity contribution in [3.05, 3.63) is 18.3 Å². The molecule has 0 aliphatic carbocycles. The fraction of sp³-hybridized carbons (Fsp3) is 0.545. The highest BCUT2D eigenvalue weighted by Crippen LogP contribution is 2.24. The standard InChI is InChI=1S/C11H17N3O3S/c1-17-8-9-3-5-14(7-9)18(15,16)10-2-4-13-11(12)6-10/h2,4,6,9H,3,5,7-8H2,1H3,(H2,12,13). The molecule has 1 atom stereocenters. The van der Waals surface area contributed by atoms with Crippen molar-refractivity contribution in [1.82, 2.24) is 9.29 Å². The molecule has 18 heavy (non-hydrogen) atoms. The van der Waals surface area contributed by atoms with E-state index in [9.17, 15) is 8.42 Å². The molecule has 0 bridgehead atoms. The van der Waals surface area contributed by atoms with Crippen LogP contribution in [0.1, 0.15) is 6.42 Å². The molecule has 0 radical (unpaired) electrons. The topological polar surface area (TPSA) is 85.5 Å². The zero-order valence-corrected chi connectivity index (χ0v) is 11.1. The van der Waals surface area contributed by atoms with Crippen LogP contribution < -0.4 is 5.73 Å². The van der Waals surface area contributed by atoms with Gasteiger partial charge in [0.25, 0.3) is 0 Å². The highest BCUT2D eigenvalue weighted by atomic mass is 32.2. The number of hydrogen-bond acceptors (Lipinski definition) is 5. The van der Waals surface area contributed by atoms with Crippen molar-refractivity contribution in [3.8, 4) is 0 Å². The number of sulfonamides is 1. The van der Waals surface area contributed by atoms with Crippen LogP contribution in [0.3, 0.4) is 0 Å². The van der Waals surface area contributed by atoms with Crippen LogP contribution in [-0.4, -0.2) is 44.5 Å². The van der Waals surface area contributed by atoms with E-state index in [2.05, 4.69) is 4.98 Å². The van der Waals surface area contributed by atoms with Gasteiger partial charge < -0.3 is 10.5 Å². The fourth-order valence-electron chi connectivity index (χ4n) is 2.12. The Labute approximate surface area is 107 Å². The van der Waals surface area contributed by atoms with Gasteiger partial charge in [0.2, 0.25) is 10.0 Å². The predicted molar refractivity (Wildman–Crippen MR) is 67.4 cm³/mol. The van der Waals surface area contributed by atoms with Crippen molar-refractivity contribution in [1.29, 1.82) is 0 Å². The second-order valence-corrected chi connectivity index (χ2v) is 6.33. The molecule has 1 aromatic rings. The normalized spacial score (nSPS) is 21.3. The van der Waals surface area contributed by atoms with Gasteiger partial charge in [0.05, 0.1) is 11.5 Å². The molecular formula is C11H17N3O3S. The molecule has 6 nitrogen and oxygen atoms in total. The molecule has 1 unspecified atom stereocenters. The number of aromatic nitrogens is 1. The van der Waals surface area contributed by atoms with E-state index in [0.29, 0.717) is 19.7 Å². The molecule has 7 heteroatoms. The van der Waals surface area contributed by atoms with Crippen LogP contribution in [-0.2, 0) is 14.8 Å². The summed E-state index contributed by atoms with van der Waals surface area (Å²) < 4.78 is 31.2. The first-order valence-corrected chi connectivity index (χ1v) is 7.18. The van der Waals surface area contributed by atoms with Crippen LogP contribution in [0.4, 0.5) is 5.82 Å². The summed E-state index contributed by atoms with van der Waals surface area (Å²) in [5, 5.41) is 0. The molecule has 2 rings (SSSR count). The van der Waals surface area contributed by atoms with Gasteiger partial charge in [0.15, 0.2) is 0 Å². The number of rotatable bonds is 4. The average Bonchev–Trinajstić information content (AvgIpc) is 2.79. The number of pyridine rings is 1. The molecule has 1 aliphatic heterocycles. The average molecular weight is 271 g/mol. The molecule has 1 saturated heterocycles. The molecule has 2 heterocycles. The van der Waals surface area contributed by atoms with Gasteiger partial charge in [-0.2, -0.15) is 4.31 Å². The molecule has 0 amide bonds. The highest BCUT2D eigenvalue weighted by Gasteiger charge is 2.32. The third-order valence-corrected chi connectivity index (χ3v) is 4.90. The van der Waals surface area contributed by atoms with Gasteiger partial charge in [0.1, 0.15) is 5.82 Å². The van der Waals surface area contributed by atoms with Gasteiger partial charge in [-0.1, -0.05) is 0 Å². The lowest BCUT2D eigenvalue weighted by molar-refractivity contribution is 0.157. The van der Waals surface area contributed by atoms with E-state index in [0.717, 1.165) is 6.42 Å². The van der Waals surface area contributed by atoms with Gasteiger partial charge in [-0.15, -0.1) is 0 Å². The van der Waals surface area contributed by atoms with Crippen molar-refractivity contribution in [2.75, 3.05) is 32.5 Å². The third-order valence-electron chi connectivity index (χ3n) is 3.04. The third kappa shape index (κ3) is 2.63. The van der Waals surface area contributed by atoms with Gasteiger partial charge >= 0.3 is 0 Å². The number of ether oxygens (including phenoxy) is 1. The Balaban J connectivity index is 2.18. The van der Waals surface area contributed by atoms with E-state index < -0.39 is 10.0 Å². The number of hydrogen-bond donors (Lipinski definition) is 1. The number of anilines is 1. The molecule has 0 aromatic carbocycles. The first-order chi connectivity index (χ1) is 8.54. The number of nitrogen functional groups attached to an aromatic ring is 1. The minimum absolute atomic E-state index is 0.202. The lowest BCUT2D eigenvalue weighted by atomic mass is 10.1. The van der Waals surface area contributed by atoms with Crippen molar-refractivity contribution in [2.45, 2.75) is 11.3 Å². The van der Waals surface area contributed by atoms with Crippen molar-refractivity contribution < 1.29 is 13.2 Å². The van der Waals surface area contributed by atoms with Crippen LogP contribution in [0.2, 0.25) is 0 Å². The van der Waals surface area contributed by atoms with E-state index in [1.165, 1.54) is 22.6 Å². The van der Waals surface area contributed by atoms with Crippen LogP contribution in [0.25, 0.3) is 0 Å². The molecule has 100 valence electrons. The van der Waals surface area contributed by atoms with E-state index in [1.54, 1.807) is 7.11 Å². The monoisotopic (exact) mass is 271 g/mol. The molecule has 2 N–H and O–H groups in total. The summed E-state index contributed by atoms with van der Waals surface area (Å²) >= 11 is 0. The molecular weight excluding hydrogens is 254 g/mol. The maximum atomic E-state index is 12.3. The summed E-state index contributed by atoms with van der Waals surface area (Å²) in [4.78, 5) is 4.00. The molecule has 1 fully saturated rings. The summed E-state index contributed by atoms with van der Waals surface area (Å²) in [6, 6.07) is 2.86. The van der Waals surface area contributed by atoms with Crippen molar-refractivity contribution >= 4 is 15.8 Å². The molecule has 1 aliphatic rings. The zero-order chi connectivity index (χ0) is 13.2. The summed E-state index contributed by atoms with van der Waals surface area (Å²) in [6.07, 6.45) is 2.23. The number of nitrogens with zero attached hydrogens (tertiary/aromatic N) is 2. The van der Waals surface area contributed by atoms with Crippen LogP contribution in [0.5, 0.6) is 0 Å². The SMILES string of the molecule is COCC1CCN(S(=O)(=O)c2ccnc(N)c2)C1. The Morgan fingerprint density at radius 2 is 2.39 bits per heavy atom. The maximum absolute atomic E-state index is 12.3. The van der Waals surface area contributed by atoms with Crippen molar-refractivity contribution in [2.24, 2.45) is 5.92 Å². The summed E-state index contributed by atoms with van der Waals surface area (Å²) in [6.45, 7) is 1.61. The minimum atomic E-state index is -3.45. The Morgan fingerprint density at radius 3 is 3.06 bits per heavy atom.